The highest BCUT2D eigenvalue weighted by atomic mass is 35.5. The summed E-state index contributed by atoms with van der Waals surface area (Å²) in [4.78, 5) is 8.06. The van der Waals surface area contributed by atoms with E-state index in [9.17, 15) is 0 Å². The first-order valence-corrected chi connectivity index (χ1v) is 7.09. The lowest BCUT2D eigenvalue weighted by molar-refractivity contribution is 0.696. The maximum Gasteiger partial charge on any atom is 0.0897 e. The Labute approximate surface area is 123 Å². The second-order valence-electron chi connectivity index (χ2n) is 4.72. The van der Waals surface area contributed by atoms with Crippen LogP contribution in [-0.2, 0) is 13.0 Å². The first-order valence-electron chi connectivity index (χ1n) is 6.27. The van der Waals surface area contributed by atoms with Crippen LogP contribution in [0, 0.1) is 6.92 Å². The molecule has 1 aliphatic heterocycles. The summed E-state index contributed by atoms with van der Waals surface area (Å²) in [6.07, 6.45) is 4.26. The van der Waals surface area contributed by atoms with Gasteiger partial charge in [0.25, 0.3) is 0 Å². The van der Waals surface area contributed by atoms with E-state index in [2.05, 4.69) is 22.9 Å². The molecule has 1 aliphatic rings. The fourth-order valence-electron chi connectivity index (χ4n) is 2.56. The van der Waals surface area contributed by atoms with Crippen LogP contribution in [-0.4, -0.2) is 11.5 Å². The van der Waals surface area contributed by atoms with Crippen molar-refractivity contribution in [3.63, 3.8) is 0 Å². The number of aromatic nitrogens is 1. The lowest BCUT2D eigenvalue weighted by Gasteiger charge is -2.31. The summed E-state index contributed by atoms with van der Waals surface area (Å²) >= 11 is 1.78. The molecule has 0 unspecified atom stereocenters. The third-order valence-electron chi connectivity index (χ3n) is 3.40. The maximum absolute atomic E-state index is 6.06. The zero-order valence-electron chi connectivity index (χ0n) is 10.9. The molecule has 0 bridgehead atoms. The Morgan fingerprint density at radius 3 is 3.00 bits per heavy atom. The Morgan fingerprint density at radius 1 is 1.42 bits per heavy atom. The molecular weight excluding hydrogens is 278 g/mol. The van der Waals surface area contributed by atoms with E-state index in [1.165, 1.54) is 22.5 Å². The predicted molar refractivity (Wildman–Crippen MR) is 84.3 cm³/mol. The van der Waals surface area contributed by atoms with Crippen LogP contribution in [0.3, 0.4) is 0 Å². The van der Waals surface area contributed by atoms with Gasteiger partial charge in [-0.15, -0.1) is 23.7 Å². The summed E-state index contributed by atoms with van der Waals surface area (Å²) in [6.45, 7) is 4.10. The van der Waals surface area contributed by atoms with Gasteiger partial charge in [0.15, 0.2) is 0 Å². The molecule has 0 saturated heterocycles. The highest BCUT2D eigenvalue weighted by Gasteiger charge is 2.19. The van der Waals surface area contributed by atoms with Crippen molar-refractivity contribution < 1.29 is 0 Å². The second kappa shape index (κ2) is 5.80. The summed E-state index contributed by atoms with van der Waals surface area (Å²) in [7, 11) is 0. The summed E-state index contributed by atoms with van der Waals surface area (Å²) in [5.41, 5.74) is 9.60. The normalized spacial score (nSPS) is 13.8. The minimum atomic E-state index is 0. The van der Waals surface area contributed by atoms with Crippen molar-refractivity contribution in [2.75, 3.05) is 17.2 Å². The van der Waals surface area contributed by atoms with E-state index in [0.717, 1.165) is 30.2 Å². The number of nitrogens with two attached hydrogens (primary N) is 1. The zero-order valence-corrected chi connectivity index (χ0v) is 12.6. The Hall–Kier alpha value is -1.26. The van der Waals surface area contributed by atoms with Gasteiger partial charge in [0.1, 0.15) is 0 Å². The summed E-state index contributed by atoms with van der Waals surface area (Å²) < 4.78 is 0. The Kier molecular flexibility index (Phi) is 4.32. The average Bonchev–Trinajstić information content (AvgIpc) is 2.76. The van der Waals surface area contributed by atoms with Gasteiger partial charge in [-0.2, -0.15) is 0 Å². The molecule has 0 saturated carbocycles. The smallest absolute Gasteiger partial charge is 0.0897 e. The van der Waals surface area contributed by atoms with E-state index < -0.39 is 0 Å². The molecule has 1 aromatic carbocycles. The van der Waals surface area contributed by atoms with E-state index in [4.69, 9.17) is 5.73 Å². The van der Waals surface area contributed by atoms with Crippen LogP contribution in [0.2, 0.25) is 0 Å². The topological polar surface area (TPSA) is 42.2 Å². The van der Waals surface area contributed by atoms with Crippen molar-refractivity contribution in [3.8, 4) is 0 Å². The number of rotatable bonds is 2. The Morgan fingerprint density at radius 2 is 2.26 bits per heavy atom. The third-order valence-corrected chi connectivity index (χ3v) is 4.30. The monoisotopic (exact) mass is 295 g/mol. The molecule has 0 fully saturated rings. The molecule has 0 aliphatic carbocycles. The van der Waals surface area contributed by atoms with Gasteiger partial charge in [0, 0.05) is 29.0 Å². The fourth-order valence-corrected chi connectivity index (χ4v) is 3.37. The highest BCUT2D eigenvalue weighted by molar-refractivity contribution is 7.11. The first kappa shape index (κ1) is 14.2. The minimum Gasteiger partial charge on any atom is -0.398 e. The number of benzene rings is 1. The number of aryl methyl sites for hydroxylation is 1. The van der Waals surface area contributed by atoms with Crippen LogP contribution in [0.15, 0.2) is 24.4 Å². The molecule has 0 spiro atoms. The molecule has 2 aromatic rings. The number of nitrogen functional groups attached to an aromatic ring is 1. The molecule has 2 heterocycles. The molecule has 19 heavy (non-hydrogen) atoms. The maximum atomic E-state index is 6.06. The molecular formula is C14H18ClN3S. The zero-order chi connectivity index (χ0) is 12.5. The molecule has 3 nitrogen and oxygen atoms in total. The molecule has 3 rings (SSSR count). The first-order chi connectivity index (χ1) is 8.74. The number of nitrogens with zero attached hydrogens (tertiary/aromatic N) is 2. The number of anilines is 2. The van der Waals surface area contributed by atoms with Crippen molar-refractivity contribution in [3.05, 3.63) is 39.8 Å². The SMILES string of the molecule is Cc1ncc(CN2CCCc3c(N)cccc32)s1.Cl. The van der Waals surface area contributed by atoms with Crippen LogP contribution in [0.4, 0.5) is 11.4 Å². The van der Waals surface area contributed by atoms with Crippen molar-refractivity contribution in [2.24, 2.45) is 0 Å². The van der Waals surface area contributed by atoms with Crippen LogP contribution >= 0.6 is 23.7 Å². The van der Waals surface area contributed by atoms with Gasteiger partial charge in [-0.1, -0.05) is 6.07 Å². The van der Waals surface area contributed by atoms with Gasteiger partial charge in [-0.05, 0) is 37.5 Å². The molecule has 2 N–H and O–H groups in total. The number of hydrogen-bond acceptors (Lipinski definition) is 4. The second-order valence-corrected chi connectivity index (χ2v) is 6.03. The number of hydrogen-bond donors (Lipinski definition) is 1. The molecule has 0 radical (unpaired) electrons. The summed E-state index contributed by atoms with van der Waals surface area (Å²) in [6, 6.07) is 6.22. The van der Waals surface area contributed by atoms with Crippen molar-refractivity contribution in [2.45, 2.75) is 26.3 Å². The van der Waals surface area contributed by atoms with Gasteiger partial charge in [0.05, 0.1) is 11.6 Å². The molecule has 102 valence electrons. The van der Waals surface area contributed by atoms with Gasteiger partial charge in [-0.3, -0.25) is 0 Å². The van der Waals surface area contributed by atoms with Crippen molar-refractivity contribution in [1.29, 1.82) is 0 Å². The summed E-state index contributed by atoms with van der Waals surface area (Å²) in [5, 5.41) is 1.13. The van der Waals surface area contributed by atoms with Crippen molar-refractivity contribution in [1.82, 2.24) is 4.98 Å². The Bertz CT molecular complexity index is 568. The lowest BCUT2D eigenvalue weighted by atomic mass is 10.00. The third kappa shape index (κ3) is 2.85. The standard InChI is InChI=1S/C14H17N3S.ClH/c1-10-16-8-11(18-10)9-17-7-3-4-12-13(15)5-2-6-14(12)17;/h2,5-6,8H,3-4,7,9,15H2,1H3;1H. The number of thiazole rings is 1. The van der Waals surface area contributed by atoms with Gasteiger partial charge >= 0.3 is 0 Å². The average molecular weight is 296 g/mol. The lowest BCUT2D eigenvalue weighted by Crippen LogP contribution is -2.28. The van der Waals surface area contributed by atoms with Gasteiger partial charge in [-0.25, -0.2) is 4.98 Å². The van der Waals surface area contributed by atoms with Crippen LogP contribution < -0.4 is 10.6 Å². The van der Waals surface area contributed by atoms with Crippen molar-refractivity contribution >= 4 is 35.1 Å². The van der Waals surface area contributed by atoms with E-state index >= 15 is 0 Å². The van der Waals surface area contributed by atoms with Crippen LogP contribution in [0.5, 0.6) is 0 Å². The summed E-state index contributed by atoms with van der Waals surface area (Å²) in [5.74, 6) is 0. The predicted octanol–water partition coefficient (Wildman–Crippen LogP) is 3.41. The molecule has 1 aromatic heterocycles. The van der Waals surface area contributed by atoms with Gasteiger partial charge in [0.2, 0.25) is 0 Å². The van der Waals surface area contributed by atoms with E-state index in [1.54, 1.807) is 11.3 Å². The van der Waals surface area contributed by atoms with Crippen LogP contribution in [0.1, 0.15) is 21.9 Å². The fraction of sp³-hybridized carbons (Fsp3) is 0.357. The quantitative estimate of drug-likeness (QED) is 0.863. The van der Waals surface area contributed by atoms with E-state index in [0.29, 0.717) is 0 Å². The molecule has 0 amide bonds. The number of fused-ring (bicyclic) bond motifs is 1. The van der Waals surface area contributed by atoms with E-state index in [1.807, 2.05) is 18.3 Å². The van der Waals surface area contributed by atoms with E-state index in [-0.39, 0.29) is 12.4 Å². The van der Waals surface area contributed by atoms with Gasteiger partial charge < -0.3 is 10.6 Å². The minimum absolute atomic E-state index is 0. The Balaban J connectivity index is 0.00000133. The molecule has 5 heteroatoms. The molecule has 0 atom stereocenters. The largest absolute Gasteiger partial charge is 0.398 e. The highest BCUT2D eigenvalue weighted by Crippen LogP contribution is 2.32. The van der Waals surface area contributed by atoms with Crippen LogP contribution in [0.25, 0.3) is 0 Å². The number of halogens is 1.